The van der Waals surface area contributed by atoms with Crippen LogP contribution in [0.3, 0.4) is 0 Å². The fourth-order valence-corrected chi connectivity index (χ4v) is 2.20. The number of nitrogens with one attached hydrogen (secondary N) is 1. The molecule has 2 nitrogen and oxygen atoms in total. The van der Waals surface area contributed by atoms with Gasteiger partial charge in [-0.3, -0.25) is 0 Å². The second-order valence-electron chi connectivity index (χ2n) is 5.82. The van der Waals surface area contributed by atoms with E-state index in [0.717, 1.165) is 19.6 Å². The zero-order valence-corrected chi connectivity index (χ0v) is 17.2. The largest absolute Gasteiger partial charge is 0.320 e. The lowest BCUT2D eigenvalue weighted by Crippen LogP contribution is -2.31. The SMILES string of the molecule is CC.CCNC.Cc1cccc(C)c1C.FCCN1CCCCC1. The van der Waals surface area contributed by atoms with E-state index in [0.29, 0.717) is 6.54 Å². The number of aryl methyl sites for hydroxylation is 2. The third-order valence-electron chi connectivity index (χ3n) is 4.08. The van der Waals surface area contributed by atoms with Crippen LogP contribution in [0.2, 0.25) is 0 Å². The van der Waals surface area contributed by atoms with Crippen LogP contribution >= 0.6 is 0 Å². The Hall–Kier alpha value is -0.930. The number of nitrogens with zero attached hydrogens (tertiary/aromatic N) is 1. The molecule has 0 atom stereocenters. The Balaban J connectivity index is 0. The third-order valence-corrected chi connectivity index (χ3v) is 4.08. The summed E-state index contributed by atoms with van der Waals surface area (Å²) < 4.78 is 11.7. The van der Waals surface area contributed by atoms with Crippen molar-refractivity contribution in [2.75, 3.05) is 39.9 Å². The maximum Gasteiger partial charge on any atom is 0.102 e. The van der Waals surface area contributed by atoms with Gasteiger partial charge in [-0.2, -0.15) is 0 Å². The van der Waals surface area contributed by atoms with E-state index in [2.05, 4.69) is 56.1 Å². The van der Waals surface area contributed by atoms with Crippen LogP contribution in [-0.2, 0) is 0 Å². The molecule has 1 heterocycles. The summed E-state index contributed by atoms with van der Waals surface area (Å²) in [5.74, 6) is 0. The van der Waals surface area contributed by atoms with Crippen molar-refractivity contribution in [3.8, 4) is 0 Å². The van der Waals surface area contributed by atoms with Gasteiger partial charge in [0.15, 0.2) is 0 Å². The molecule has 0 unspecified atom stereocenters. The molecule has 0 radical (unpaired) electrons. The predicted molar refractivity (Wildman–Crippen MR) is 108 cm³/mol. The molecule has 1 aromatic carbocycles. The molecule has 0 aliphatic carbocycles. The maximum atomic E-state index is 11.7. The number of halogens is 1. The molecular formula is C21H41FN2. The van der Waals surface area contributed by atoms with Crippen molar-refractivity contribution in [1.29, 1.82) is 0 Å². The van der Waals surface area contributed by atoms with Crippen LogP contribution < -0.4 is 5.32 Å². The Labute approximate surface area is 150 Å². The highest BCUT2D eigenvalue weighted by molar-refractivity contribution is 5.31. The van der Waals surface area contributed by atoms with Gasteiger partial charge in [0.2, 0.25) is 0 Å². The summed E-state index contributed by atoms with van der Waals surface area (Å²) in [4.78, 5) is 2.20. The van der Waals surface area contributed by atoms with E-state index in [-0.39, 0.29) is 6.67 Å². The number of likely N-dealkylation sites (tertiary alicyclic amines) is 1. The summed E-state index contributed by atoms with van der Waals surface area (Å²) >= 11 is 0. The summed E-state index contributed by atoms with van der Waals surface area (Å²) in [6.45, 7) is 16.3. The van der Waals surface area contributed by atoms with Crippen LogP contribution in [0.5, 0.6) is 0 Å². The molecule has 2 rings (SSSR count). The summed E-state index contributed by atoms with van der Waals surface area (Å²) in [5.41, 5.74) is 4.18. The average molecular weight is 341 g/mol. The smallest absolute Gasteiger partial charge is 0.102 e. The van der Waals surface area contributed by atoms with Crippen LogP contribution in [0, 0.1) is 20.8 Å². The Morgan fingerprint density at radius 2 is 1.46 bits per heavy atom. The zero-order valence-electron chi connectivity index (χ0n) is 17.2. The lowest BCUT2D eigenvalue weighted by molar-refractivity contribution is 0.211. The number of benzene rings is 1. The molecule has 1 aromatic rings. The Morgan fingerprint density at radius 3 is 1.79 bits per heavy atom. The first-order chi connectivity index (χ1) is 11.6. The van der Waals surface area contributed by atoms with E-state index >= 15 is 0 Å². The van der Waals surface area contributed by atoms with Crippen molar-refractivity contribution in [3.63, 3.8) is 0 Å². The van der Waals surface area contributed by atoms with Crippen LogP contribution in [0.4, 0.5) is 4.39 Å². The second kappa shape index (κ2) is 18.4. The molecule has 0 saturated carbocycles. The van der Waals surface area contributed by atoms with Gasteiger partial charge in [0.1, 0.15) is 6.67 Å². The zero-order chi connectivity index (χ0) is 18.8. The molecular weight excluding hydrogens is 299 g/mol. The van der Waals surface area contributed by atoms with Crippen molar-refractivity contribution in [2.24, 2.45) is 0 Å². The molecule has 0 amide bonds. The lowest BCUT2D eigenvalue weighted by Gasteiger charge is -2.24. The molecule has 0 spiro atoms. The van der Waals surface area contributed by atoms with Crippen LogP contribution in [-0.4, -0.2) is 44.8 Å². The summed E-state index contributed by atoms with van der Waals surface area (Å²) in [6, 6.07) is 6.38. The van der Waals surface area contributed by atoms with E-state index in [9.17, 15) is 4.39 Å². The van der Waals surface area contributed by atoms with Crippen molar-refractivity contribution >= 4 is 0 Å². The Morgan fingerprint density at radius 1 is 1.00 bits per heavy atom. The molecule has 1 aliphatic rings. The van der Waals surface area contributed by atoms with Crippen molar-refractivity contribution < 1.29 is 4.39 Å². The van der Waals surface area contributed by atoms with Crippen molar-refractivity contribution in [1.82, 2.24) is 10.2 Å². The van der Waals surface area contributed by atoms with Crippen LogP contribution in [0.1, 0.15) is 56.7 Å². The normalized spacial score (nSPS) is 13.5. The fourth-order valence-electron chi connectivity index (χ4n) is 2.20. The second-order valence-corrected chi connectivity index (χ2v) is 5.82. The number of rotatable bonds is 3. The van der Waals surface area contributed by atoms with Crippen molar-refractivity contribution in [3.05, 3.63) is 34.9 Å². The molecule has 142 valence electrons. The highest BCUT2D eigenvalue weighted by atomic mass is 19.1. The lowest BCUT2D eigenvalue weighted by atomic mass is 10.1. The minimum absolute atomic E-state index is 0.181. The van der Waals surface area contributed by atoms with E-state index in [1.165, 1.54) is 36.0 Å². The Bertz CT molecular complexity index is 349. The number of hydrogen-bond acceptors (Lipinski definition) is 2. The highest BCUT2D eigenvalue weighted by Gasteiger charge is 2.07. The van der Waals surface area contributed by atoms with Gasteiger partial charge in [-0.05, 0) is 77.0 Å². The van der Waals surface area contributed by atoms with Gasteiger partial charge in [0, 0.05) is 6.54 Å². The van der Waals surface area contributed by atoms with Crippen molar-refractivity contribution in [2.45, 2.75) is 60.8 Å². The van der Waals surface area contributed by atoms with Gasteiger partial charge in [-0.25, -0.2) is 4.39 Å². The fraction of sp³-hybridized carbons (Fsp3) is 0.714. The van der Waals surface area contributed by atoms with E-state index in [1.807, 2.05) is 20.9 Å². The van der Waals surface area contributed by atoms with Gasteiger partial charge in [-0.15, -0.1) is 0 Å². The molecule has 1 fully saturated rings. The molecule has 24 heavy (non-hydrogen) atoms. The topological polar surface area (TPSA) is 15.3 Å². The number of piperidine rings is 1. The predicted octanol–water partition coefficient (Wildman–Crippen LogP) is 5.31. The monoisotopic (exact) mass is 340 g/mol. The molecule has 0 bridgehead atoms. The summed E-state index contributed by atoms with van der Waals surface area (Å²) in [7, 11) is 1.93. The first kappa shape index (κ1) is 25.3. The van der Waals surface area contributed by atoms with Gasteiger partial charge < -0.3 is 10.2 Å². The van der Waals surface area contributed by atoms with E-state index in [4.69, 9.17) is 0 Å². The first-order valence-corrected chi connectivity index (χ1v) is 9.52. The molecule has 1 saturated heterocycles. The molecule has 1 N–H and O–H groups in total. The Kier molecular flexibility index (Phi) is 19.4. The molecule has 3 heteroatoms. The van der Waals surface area contributed by atoms with Gasteiger partial charge in [0.25, 0.3) is 0 Å². The van der Waals surface area contributed by atoms with Gasteiger partial charge >= 0.3 is 0 Å². The van der Waals surface area contributed by atoms with E-state index < -0.39 is 0 Å². The van der Waals surface area contributed by atoms with Gasteiger partial charge in [-0.1, -0.05) is 45.4 Å². The number of hydrogen-bond donors (Lipinski definition) is 1. The quantitative estimate of drug-likeness (QED) is 0.802. The summed E-state index contributed by atoms with van der Waals surface area (Å²) in [6.07, 6.45) is 3.86. The maximum absolute atomic E-state index is 11.7. The minimum Gasteiger partial charge on any atom is -0.320 e. The summed E-state index contributed by atoms with van der Waals surface area (Å²) in [5, 5.41) is 2.93. The van der Waals surface area contributed by atoms with E-state index in [1.54, 1.807) is 0 Å². The highest BCUT2D eigenvalue weighted by Crippen LogP contribution is 2.10. The third kappa shape index (κ3) is 13.5. The average Bonchev–Trinajstić information content (AvgIpc) is 2.63. The molecule has 1 aliphatic heterocycles. The van der Waals surface area contributed by atoms with Crippen LogP contribution in [0.25, 0.3) is 0 Å². The standard InChI is InChI=1S/C9H12.C7H14FN.C3H9N.C2H6/c1-7-5-4-6-8(2)9(7)3;8-4-7-9-5-2-1-3-6-9;1-3-4-2;1-2/h4-6H,1-3H3;1-7H2;4H,3H2,1-2H3;1-2H3. The first-order valence-electron chi connectivity index (χ1n) is 9.52. The van der Waals surface area contributed by atoms with Gasteiger partial charge in [0.05, 0.1) is 0 Å². The van der Waals surface area contributed by atoms with Crippen LogP contribution in [0.15, 0.2) is 18.2 Å². The number of alkyl halides is 1. The minimum atomic E-state index is -0.181. The molecule has 0 aromatic heterocycles.